The highest BCUT2D eigenvalue weighted by Gasteiger charge is 2.11. The maximum atomic E-state index is 2.37. The number of benzene rings is 7. The van der Waals surface area contributed by atoms with Gasteiger partial charge in [-0.25, -0.2) is 0 Å². The van der Waals surface area contributed by atoms with Crippen molar-refractivity contribution in [2.75, 3.05) is 0 Å². The van der Waals surface area contributed by atoms with E-state index in [0.29, 0.717) is 0 Å². The van der Waals surface area contributed by atoms with E-state index in [0.717, 1.165) is 0 Å². The van der Waals surface area contributed by atoms with Crippen molar-refractivity contribution in [3.63, 3.8) is 0 Å². The number of hydrogen-bond acceptors (Lipinski definition) is 0. The van der Waals surface area contributed by atoms with Crippen molar-refractivity contribution in [1.82, 2.24) is 0 Å². The Bertz CT molecular complexity index is 1820. The van der Waals surface area contributed by atoms with Crippen LogP contribution in [0, 0.1) is 0 Å². The van der Waals surface area contributed by atoms with Gasteiger partial charge >= 0.3 is 0 Å². The van der Waals surface area contributed by atoms with E-state index in [9.17, 15) is 0 Å². The average molecular weight is 405 g/mol. The van der Waals surface area contributed by atoms with E-state index >= 15 is 0 Å². The van der Waals surface area contributed by atoms with Gasteiger partial charge in [-0.3, -0.25) is 0 Å². The molecule has 0 unspecified atom stereocenters. The fraction of sp³-hybridized carbons (Fsp3) is 0. The van der Waals surface area contributed by atoms with Crippen molar-refractivity contribution in [3.8, 4) is 11.1 Å². The van der Waals surface area contributed by atoms with Gasteiger partial charge < -0.3 is 0 Å². The first-order chi connectivity index (χ1) is 15.8. The third-order valence-electron chi connectivity index (χ3n) is 6.78. The Morgan fingerprint density at radius 2 is 0.906 bits per heavy atom. The van der Waals surface area contributed by atoms with E-state index in [-0.39, 0.29) is 0 Å². The van der Waals surface area contributed by atoms with Gasteiger partial charge in [0.1, 0.15) is 0 Å². The summed E-state index contributed by atoms with van der Waals surface area (Å²) in [5, 5.41) is 13.0. The standard InChI is InChI=1S/C32H20/c1-2-9-23-19-32-26(17-22(23)8-1)20-31(29-11-5-6-12-30(29)32)25-15-16-28-24(18-25)14-13-21-7-3-4-10-27(21)28/h1-20H. The van der Waals surface area contributed by atoms with Gasteiger partial charge in [0.05, 0.1) is 0 Å². The van der Waals surface area contributed by atoms with Crippen LogP contribution in [0.1, 0.15) is 0 Å². The lowest BCUT2D eigenvalue weighted by Gasteiger charge is -2.13. The Morgan fingerprint density at radius 3 is 1.75 bits per heavy atom. The van der Waals surface area contributed by atoms with E-state index in [4.69, 9.17) is 0 Å². The van der Waals surface area contributed by atoms with Crippen LogP contribution in [0.2, 0.25) is 0 Å². The molecule has 0 heteroatoms. The molecule has 148 valence electrons. The SMILES string of the molecule is c1ccc2cc3c(cc(-c4ccc5c(ccc6ccccc65)c4)c4ccccc43)cc2c1. The Hall–Kier alpha value is -4.16. The van der Waals surface area contributed by atoms with Gasteiger partial charge in [0.15, 0.2) is 0 Å². The smallest absolute Gasteiger partial charge is 0.00986 e. The molecule has 7 rings (SSSR count). The second-order valence-electron chi connectivity index (χ2n) is 8.61. The van der Waals surface area contributed by atoms with Gasteiger partial charge in [0.2, 0.25) is 0 Å². The second kappa shape index (κ2) is 6.67. The minimum atomic E-state index is 1.26. The maximum absolute atomic E-state index is 2.37. The maximum Gasteiger partial charge on any atom is -0.00986 e. The summed E-state index contributed by atoms with van der Waals surface area (Å²) < 4.78 is 0. The van der Waals surface area contributed by atoms with Crippen LogP contribution in [0.3, 0.4) is 0 Å². The lowest BCUT2D eigenvalue weighted by atomic mass is 9.90. The molecular weight excluding hydrogens is 384 g/mol. The molecule has 0 aliphatic heterocycles. The van der Waals surface area contributed by atoms with Crippen LogP contribution in [-0.2, 0) is 0 Å². The molecule has 0 atom stereocenters. The van der Waals surface area contributed by atoms with Gasteiger partial charge in [0.25, 0.3) is 0 Å². The molecule has 0 fully saturated rings. The fourth-order valence-electron chi connectivity index (χ4n) is 5.22. The normalized spacial score (nSPS) is 11.8. The molecule has 0 nitrogen and oxygen atoms in total. The summed E-state index contributed by atoms with van der Waals surface area (Å²) in [4.78, 5) is 0. The molecule has 0 aromatic heterocycles. The predicted molar refractivity (Wildman–Crippen MR) is 139 cm³/mol. The Labute approximate surface area is 186 Å². The van der Waals surface area contributed by atoms with Crippen LogP contribution in [0.4, 0.5) is 0 Å². The largest absolute Gasteiger partial charge is 0.0616 e. The third kappa shape index (κ3) is 2.57. The molecule has 32 heavy (non-hydrogen) atoms. The second-order valence-corrected chi connectivity index (χ2v) is 8.61. The summed E-state index contributed by atoms with van der Waals surface area (Å²) in [6, 6.07) is 44.5. The zero-order valence-electron chi connectivity index (χ0n) is 17.5. The predicted octanol–water partition coefficient (Wildman–Crippen LogP) is 9.12. The first-order valence-corrected chi connectivity index (χ1v) is 11.1. The molecule has 7 aromatic rings. The first-order valence-electron chi connectivity index (χ1n) is 11.1. The van der Waals surface area contributed by atoms with E-state index in [1.165, 1.54) is 65.0 Å². The summed E-state index contributed by atoms with van der Waals surface area (Å²) >= 11 is 0. The molecule has 0 N–H and O–H groups in total. The van der Waals surface area contributed by atoms with Gasteiger partial charge in [-0.05, 0) is 89.3 Å². The average Bonchev–Trinajstić information content (AvgIpc) is 2.86. The fourth-order valence-corrected chi connectivity index (χ4v) is 5.22. The summed E-state index contributed by atoms with van der Waals surface area (Å²) in [6.07, 6.45) is 0. The summed E-state index contributed by atoms with van der Waals surface area (Å²) in [6.45, 7) is 0. The Balaban J connectivity index is 1.55. The molecule has 0 aliphatic carbocycles. The molecule has 0 saturated heterocycles. The molecular formula is C32H20. The van der Waals surface area contributed by atoms with Gasteiger partial charge in [0, 0.05) is 0 Å². The number of hydrogen-bond donors (Lipinski definition) is 0. The highest BCUT2D eigenvalue weighted by molar-refractivity contribution is 6.17. The van der Waals surface area contributed by atoms with Crippen LogP contribution >= 0.6 is 0 Å². The van der Waals surface area contributed by atoms with Crippen molar-refractivity contribution in [2.45, 2.75) is 0 Å². The molecule has 0 aliphatic rings. The quantitative estimate of drug-likeness (QED) is 0.189. The topological polar surface area (TPSA) is 0 Å². The lowest BCUT2D eigenvalue weighted by Crippen LogP contribution is -1.86. The van der Waals surface area contributed by atoms with Crippen molar-refractivity contribution in [1.29, 1.82) is 0 Å². The van der Waals surface area contributed by atoms with Crippen LogP contribution in [-0.4, -0.2) is 0 Å². The molecule has 0 heterocycles. The van der Waals surface area contributed by atoms with Crippen molar-refractivity contribution in [3.05, 3.63) is 121 Å². The molecule has 0 bridgehead atoms. The Morgan fingerprint density at radius 1 is 0.281 bits per heavy atom. The van der Waals surface area contributed by atoms with Gasteiger partial charge in [-0.2, -0.15) is 0 Å². The molecule has 0 amide bonds. The van der Waals surface area contributed by atoms with Crippen LogP contribution in [0.15, 0.2) is 121 Å². The Kier molecular flexibility index (Phi) is 3.65. The van der Waals surface area contributed by atoms with E-state index < -0.39 is 0 Å². The zero-order chi connectivity index (χ0) is 21.1. The van der Waals surface area contributed by atoms with E-state index in [1.807, 2.05) is 0 Å². The van der Waals surface area contributed by atoms with Crippen molar-refractivity contribution in [2.24, 2.45) is 0 Å². The highest BCUT2D eigenvalue weighted by atomic mass is 14.1. The summed E-state index contributed by atoms with van der Waals surface area (Å²) in [5.41, 5.74) is 2.55. The summed E-state index contributed by atoms with van der Waals surface area (Å²) in [5.74, 6) is 0. The summed E-state index contributed by atoms with van der Waals surface area (Å²) in [7, 11) is 0. The van der Waals surface area contributed by atoms with Gasteiger partial charge in [-0.15, -0.1) is 0 Å². The molecule has 0 saturated carbocycles. The van der Waals surface area contributed by atoms with Crippen molar-refractivity contribution >= 4 is 53.9 Å². The molecule has 0 radical (unpaired) electrons. The molecule has 7 aromatic carbocycles. The van der Waals surface area contributed by atoms with Crippen LogP contribution in [0.25, 0.3) is 65.0 Å². The van der Waals surface area contributed by atoms with E-state index in [2.05, 4.69) is 121 Å². The zero-order valence-corrected chi connectivity index (χ0v) is 17.5. The highest BCUT2D eigenvalue weighted by Crippen LogP contribution is 2.38. The van der Waals surface area contributed by atoms with Crippen LogP contribution in [0.5, 0.6) is 0 Å². The first kappa shape index (κ1) is 17.5. The number of rotatable bonds is 1. The van der Waals surface area contributed by atoms with Gasteiger partial charge in [-0.1, -0.05) is 97.1 Å². The van der Waals surface area contributed by atoms with Crippen LogP contribution < -0.4 is 0 Å². The minimum Gasteiger partial charge on any atom is -0.0616 e. The van der Waals surface area contributed by atoms with E-state index in [1.54, 1.807) is 0 Å². The monoisotopic (exact) mass is 404 g/mol. The van der Waals surface area contributed by atoms with Crippen molar-refractivity contribution < 1.29 is 0 Å². The number of fused-ring (bicyclic) bond motifs is 7. The lowest BCUT2D eigenvalue weighted by molar-refractivity contribution is 1.71. The molecule has 0 spiro atoms. The third-order valence-corrected chi connectivity index (χ3v) is 6.78. The minimum absolute atomic E-state index is 1.26.